The molecular formula is C39H42ClF3N8O3S. The van der Waals surface area contributed by atoms with E-state index in [4.69, 9.17) is 31.8 Å². The number of amides is 2. The van der Waals surface area contributed by atoms with Gasteiger partial charge < -0.3 is 29.9 Å². The number of hydrogen-bond donors (Lipinski definition) is 1. The standard InChI is InChI=1S/C39H42ClF3N8O3S/c1-22-16-48(11-12-53-22)37(52)50-19-38(20-50)7-2-3-9-49(18-38)35-25-13-27(40)30(24-5-6-28(42)33-29(24)26(15-44)34(45)55-33)31(43)32(25)46-36(47-35)54-21-39-8-4-10-51(39)17-23(41)14-39/h5-6,13,22-23H,2-4,7-12,14,16-21,45H2,1H3/t22-,23+,39-/m0/s1. The number of hydrogen-bond acceptors (Lipinski definition) is 10. The van der Waals surface area contributed by atoms with Gasteiger partial charge in [0.2, 0.25) is 0 Å². The zero-order valence-electron chi connectivity index (χ0n) is 30.6. The number of likely N-dealkylation sites (tertiary alicyclic amines) is 1. The molecule has 4 aromatic rings. The fourth-order valence-corrected chi connectivity index (χ4v) is 11.0. The number of carbonyl (C=O) groups excluding carboxylic acids is 1. The van der Waals surface area contributed by atoms with Gasteiger partial charge >= 0.3 is 12.0 Å². The van der Waals surface area contributed by atoms with Crippen molar-refractivity contribution in [3.63, 3.8) is 0 Å². The van der Waals surface area contributed by atoms with Crippen molar-refractivity contribution >= 4 is 60.8 Å². The highest BCUT2D eigenvalue weighted by Crippen LogP contribution is 2.47. The molecule has 0 unspecified atom stereocenters. The summed E-state index contributed by atoms with van der Waals surface area (Å²) in [4.78, 5) is 31.1. The summed E-state index contributed by atoms with van der Waals surface area (Å²) in [6.07, 6.45) is 3.82. The number of thiophene rings is 1. The lowest BCUT2D eigenvalue weighted by Crippen LogP contribution is -2.65. The summed E-state index contributed by atoms with van der Waals surface area (Å²) in [7, 11) is 0. The molecule has 16 heteroatoms. The highest BCUT2D eigenvalue weighted by Gasteiger charge is 2.50. The van der Waals surface area contributed by atoms with Gasteiger partial charge in [-0.25, -0.2) is 18.0 Å². The lowest BCUT2D eigenvalue weighted by atomic mass is 9.76. The maximum absolute atomic E-state index is 17.3. The van der Waals surface area contributed by atoms with Crippen molar-refractivity contribution < 1.29 is 27.4 Å². The molecule has 7 heterocycles. The Morgan fingerprint density at radius 2 is 1.96 bits per heavy atom. The number of alkyl halides is 1. The van der Waals surface area contributed by atoms with Gasteiger partial charge in [0.15, 0.2) is 5.82 Å². The maximum atomic E-state index is 17.3. The summed E-state index contributed by atoms with van der Waals surface area (Å²) in [5.41, 5.74) is 5.62. The van der Waals surface area contributed by atoms with Gasteiger partial charge in [-0.2, -0.15) is 15.2 Å². The molecule has 5 aliphatic heterocycles. The Morgan fingerprint density at radius 3 is 2.76 bits per heavy atom. The summed E-state index contributed by atoms with van der Waals surface area (Å²) in [6, 6.07) is 6.27. The number of ether oxygens (including phenoxy) is 2. The first-order valence-electron chi connectivity index (χ1n) is 19.0. The van der Waals surface area contributed by atoms with Crippen molar-refractivity contribution in [3.05, 3.63) is 40.4 Å². The summed E-state index contributed by atoms with van der Waals surface area (Å²) in [6.45, 7) is 7.29. The van der Waals surface area contributed by atoms with Gasteiger partial charge in [-0.1, -0.05) is 24.1 Å². The Morgan fingerprint density at radius 1 is 1.13 bits per heavy atom. The Balaban J connectivity index is 1.11. The van der Waals surface area contributed by atoms with Crippen LogP contribution in [0.25, 0.3) is 32.1 Å². The number of nitrogen functional groups attached to an aromatic ring is 1. The molecule has 1 spiro atoms. The van der Waals surface area contributed by atoms with E-state index in [1.165, 1.54) is 12.1 Å². The van der Waals surface area contributed by atoms with Gasteiger partial charge in [-0.3, -0.25) is 4.90 Å². The average molecular weight is 795 g/mol. The third kappa shape index (κ3) is 6.20. The largest absolute Gasteiger partial charge is 0.461 e. The molecule has 5 aliphatic rings. The second-order valence-electron chi connectivity index (χ2n) is 16.0. The van der Waals surface area contributed by atoms with Gasteiger partial charge in [0.1, 0.15) is 41.0 Å². The number of nitrogens with zero attached hydrogens (tertiary/aromatic N) is 7. The number of nitriles is 1. The molecular weight excluding hydrogens is 753 g/mol. The van der Waals surface area contributed by atoms with Crippen LogP contribution in [0, 0.1) is 28.4 Å². The van der Waals surface area contributed by atoms with Crippen LogP contribution in [-0.2, 0) is 4.74 Å². The Kier molecular flexibility index (Phi) is 9.18. The van der Waals surface area contributed by atoms with Crippen molar-refractivity contribution in [1.29, 1.82) is 5.26 Å². The Bertz CT molecular complexity index is 2250. The van der Waals surface area contributed by atoms with Crippen molar-refractivity contribution in [2.24, 2.45) is 5.41 Å². The van der Waals surface area contributed by atoms with Gasteiger partial charge in [-0.05, 0) is 56.8 Å². The van der Waals surface area contributed by atoms with Gasteiger partial charge in [0, 0.05) is 74.0 Å². The predicted molar refractivity (Wildman–Crippen MR) is 205 cm³/mol. The van der Waals surface area contributed by atoms with E-state index in [1.807, 2.05) is 22.8 Å². The highest BCUT2D eigenvalue weighted by molar-refractivity contribution is 7.23. The number of benzene rings is 2. The smallest absolute Gasteiger partial charge is 0.320 e. The fourth-order valence-electron chi connectivity index (χ4n) is 9.76. The van der Waals surface area contributed by atoms with Crippen LogP contribution >= 0.6 is 22.9 Å². The number of halogens is 4. The van der Waals surface area contributed by atoms with E-state index in [-0.39, 0.29) is 72.5 Å². The summed E-state index contributed by atoms with van der Waals surface area (Å²) in [5, 5.41) is 10.7. The maximum Gasteiger partial charge on any atom is 0.320 e. The van der Waals surface area contributed by atoms with E-state index in [2.05, 4.69) is 14.8 Å². The lowest BCUT2D eigenvalue weighted by Gasteiger charge is -2.52. The minimum atomic E-state index is -0.954. The molecule has 290 valence electrons. The summed E-state index contributed by atoms with van der Waals surface area (Å²) >= 11 is 7.90. The number of carbonyl (C=O) groups is 1. The minimum absolute atomic E-state index is 0.00854. The van der Waals surface area contributed by atoms with Crippen molar-refractivity contribution in [3.8, 4) is 23.2 Å². The topological polar surface area (TPSA) is 124 Å². The van der Waals surface area contributed by atoms with Crippen LogP contribution in [-0.4, -0.2) is 114 Å². The number of anilines is 2. The first-order chi connectivity index (χ1) is 26.5. The van der Waals surface area contributed by atoms with E-state index < -0.39 is 23.3 Å². The second-order valence-corrected chi connectivity index (χ2v) is 17.5. The molecule has 2 N–H and O–H groups in total. The summed E-state index contributed by atoms with van der Waals surface area (Å²) in [5.74, 6) is -0.895. The first kappa shape index (κ1) is 36.5. The molecule has 2 amide bonds. The van der Waals surface area contributed by atoms with Crippen LogP contribution in [0.2, 0.25) is 5.02 Å². The monoisotopic (exact) mass is 794 g/mol. The van der Waals surface area contributed by atoms with E-state index in [0.717, 1.165) is 50.0 Å². The second kappa shape index (κ2) is 13.8. The number of fused-ring (bicyclic) bond motifs is 3. The average Bonchev–Trinajstić information content (AvgIpc) is 3.73. The van der Waals surface area contributed by atoms with E-state index in [0.29, 0.717) is 70.0 Å². The van der Waals surface area contributed by atoms with E-state index in [1.54, 1.807) is 6.07 Å². The zero-order valence-corrected chi connectivity index (χ0v) is 32.1. The first-order valence-corrected chi connectivity index (χ1v) is 20.2. The van der Waals surface area contributed by atoms with Crippen LogP contribution in [0.3, 0.4) is 0 Å². The number of urea groups is 1. The zero-order chi connectivity index (χ0) is 38.2. The molecule has 0 aliphatic carbocycles. The minimum Gasteiger partial charge on any atom is -0.461 e. The molecule has 0 radical (unpaired) electrons. The molecule has 0 saturated carbocycles. The third-order valence-electron chi connectivity index (χ3n) is 12.3. The highest BCUT2D eigenvalue weighted by atomic mass is 35.5. The van der Waals surface area contributed by atoms with Gasteiger partial charge in [0.25, 0.3) is 0 Å². The van der Waals surface area contributed by atoms with Gasteiger partial charge in [0.05, 0.1) is 33.5 Å². The molecule has 2 aromatic heterocycles. The number of rotatable bonds is 5. The Labute approximate surface area is 325 Å². The molecule has 9 rings (SSSR count). The van der Waals surface area contributed by atoms with E-state index >= 15 is 8.78 Å². The molecule has 5 saturated heterocycles. The molecule has 0 bridgehead atoms. The quantitative estimate of drug-likeness (QED) is 0.228. The van der Waals surface area contributed by atoms with Crippen molar-refractivity contribution in [2.75, 3.05) is 76.2 Å². The van der Waals surface area contributed by atoms with Crippen LogP contribution in [0.15, 0.2) is 18.2 Å². The van der Waals surface area contributed by atoms with Gasteiger partial charge in [-0.15, -0.1) is 11.3 Å². The molecule has 5 fully saturated rings. The predicted octanol–water partition coefficient (Wildman–Crippen LogP) is 6.99. The molecule has 2 aromatic carbocycles. The molecule has 11 nitrogen and oxygen atoms in total. The van der Waals surface area contributed by atoms with E-state index in [9.17, 15) is 14.4 Å². The normalized spacial score (nSPS) is 25.3. The van der Waals surface area contributed by atoms with Crippen molar-refractivity contribution in [2.45, 2.75) is 63.3 Å². The lowest BCUT2D eigenvalue weighted by molar-refractivity contribution is -0.0288. The summed E-state index contributed by atoms with van der Waals surface area (Å²) < 4.78 is 59.2. The van der Waals surface area contributed by atoms with Crippen LogP contribution in [0.1, 0.15) is 51.0 Å². The Hall–Kier alpha value is -4.10. The molecule has 3 atom stereocenters. The van der Waals surface area contributed by atoms with Crippen molar-refractivity contribution in [1.82, 2.24) is 24.7 Å². The number of aromatic nitrogens is 2. The SMILES string of the molecule is C[C@H]1CN(C(=O)N2CC3(CCCCN(c4nc(OC[C@@]56CCCN5C[C@H](F)C6)nc5c(F)c(-c6ccc(F)c7sc(N)c(C#N)c67)c(Cl)cc45)C3)C2)CCO1. The fraction of sp³-hybridized carbons (Fsp3) is 0.538. The van der Waals surface area contributed by atoms with Crippen LogP contribution in [0.4, 0.5) is 28.8 Å². The molecule has 55 heavy (non-hydrogen) atoms. The van der Waals surface area contributed by atoms with Crippen LogP contribution < -0.4 is 15.4 Å². The number of nitrogens with two attached hydrogens (primary N) is 1. The third-order valence-corrected chi connectivity index (χ3v) is 13.6. The van der Waals surface area contributed by atoms with Crippen LogP contribution in [0.5, 0.6) is 6.01 Å². The number of morpholine rings is 1.